The van der Waals surface area contributed by atoms with E-state index in [9.17, 15) is 20.0 Å². The molecule has 2 aromatic rings. The van der Waals surface area contributed by atoms with Gasteiger partial charge < -0.3 is 9.52 Å². The topological polar surface area (TPSA) is 106 Å². The van der Waals surface area contributed by atoms with Crippen molar-refractivity contribution in [2.45, 2.75) is 13.3 Å². The quantitative estimate of drug-likeness (QED) is 0.668. The van der Waals surface area contributed by atoms with E-state index in [4.69, 9.17) is 4.42 Å². The van der Waals surface area contributed by atoms with Crippen LogP contribution in [0.3, 0.4) is 0 Å². The number of aromatic hydroxyl groups is 1. The monoisotopic (exact) mass is 262 g/mol. The zero-order valence-electron chi connectivity index (χ0n) is 9.99. The van der Waals surface area contributed by atoms with Crippen molar-refractivity contribution in [2.75, 3.05) is 0 Å². The number of benzene rings is 1. The first-order valence-electron chi connectivity index (χ1n) is 5.50. The van der Waals surface area contributed by atoms with E-state index in [-0.39, 0.29) is 23.0 Å². The predicted octanol–water partition coefficient (Wildman–Crippen LogP) is 1.88. The highest BCUT2D eigenvalue weighted by molar-refractivity contribution is 5.56. The van der Waals surface area contributed by atoms with Gasteiger partial charge in [-0.3, -0.25) is 10.1 Å². The Hall–Kier alpha value is -2.70. The summed E-state index contributed by atoms with van der Waals surface area (Å²) in [4.78, 5) is 25.3. The van der Waals surface area contributed by atoms with Gasteiger partial charge in [-0.2, -0.15) is 4.98 Å². The fraction of sp³-hybridized carbons (Fsp3) is 0.167. The molecule has 7 nitrogen and oxygen atoms in total. The molecule has 0 bridgehead atoms. The summed E-state index contributed by atoms with van der Waals surface area (Å²) in [5.41, 5.74) is -0.268. The van der Waals surface area contributed by atoms with Gasteiger partial charge in [0, 0.05) is 17.7 Å². The molecule has 0 saturated heterocycles. The van der Waals surface area contributed by atoms with Crippen LogP contribution in [0.25, 0.3) is 11.5 Å². The van der Waals surface area contributed by atoms with Crippen molar-refractivity contribution in [2.24, 2.45) is 0 Å². The molecule has 0 saturated carbocycles. The van der Waals surface area contributed by atoms with Gasteiger partial charge in [0.2, 0.25) is 11.8 Å². The summed E-state index contributed by atoms with van der Waals surface area (Å²) < 4.78 is 4.97. The maximum absolute atomic E-state index is 11.6. The molecule has 1 heterocycles. The number of hydrogen-bond acceptors (Lipinski definition) is 6. The Morgan fingerprint density at radius 2 is 2.00 bits per heavy atom. The van der Waals surface area contributed by atoms with Crippen LogP contribution in [0.2, 0.25) is 0 Å². The molecule has 0 fully saturated rings. The largest absolute Gasteiger partial charge is 0.493 e. The summed E-state index contributed by atoms with van der Waals surface area (Å²) >= 11 is 0. The number of nitrogens with zero attached hydrogens (tertiary/aromatic N) is 2. The van der Waals surface area contributed by atoms with E-state index in [1.165, 1.54) is 24.3 Å². The van der Waals surface area contributed by atoms with Crippen LogP contribution in [0.5, 0.6) is 5.88 Å². The second-order valence-corrected chi connectivity index (χ2v) is 3.77. The van der Waals surface area contributed by atoms with Crippen molar-refractivity contribution in [3.63, 3.8) is 0 Å². The summed E-state index contributed by atoms with van der Waals surface area (Å²) in [6, 6.07) is 5.33. The fourth-order valence-electron chi connectivity index (χ4n) is 1.58. The Morgan fingerprint density at radius 3 is 2.47 bits per heavy atom. The van der Waals surface area contributed by atoms with Gasteiger partial charge in [-0.15, -0.1) is 0 Å². The first kappa shape index (κ1) is 12.7. The molecule has 0 aliphatic carbocycles. The second-order valence-electron chi connectivity index (χ2n) is 3.77. The maximum Gasteiger partial charge on any atom is 0.346 e. The molecule has 1 aromatic heterocycles. The van der Waals surface area contributed by atoms with Crippen molar-refractivity contribution < 1.29 is 14.4 Å². The number of nitro benzene ring substituents is 1. The smallest absolute Gasteiger partial charge is 0.346 e. The molecule has 2 rings (SSSR count). The van der Waals surface area contributed by atoms with Crippen LogP contribution >= 0.6 is 0 Å². The van der Waals surface area contributed by atoms with Gasteiger partial charge in [-0.25, -0.2) is 4.79 Å². The third-order valence-electron chi connectivity index (χ3n) is 2.59. The molecule has 0 aliphatic rings. The van der Waals surface area contributed by atoms with Crippen LogP contribution < -0.4 is 5.63 Å². The SMILES string of the molecule is CCc1c(O)nc(-c2ccc([N+](=O)[O-])cc2)oc1=O. The van der Waals surface area contributed by atoms with E-state index >= 15 is 0 Å². The summed E-state index contributed by atoms with van der Waals surface area (Å²) in [5.74, 6) is -0.457. The van der Waals surface area contributed by atoms with Crippen LogP contribution in [-0.4, -0.2) is 15.0 Å². The minimum Gasteiger partial charge on any atom is -0.493 e. The Labute approximate surface area is 107 Å². The Morgan fingerprint density at radius 1 is 1.37 bits per heavy atom. The summed E-state index contributed by atoms with van der Waals surface area (Å²) in [6.07, 6.45) is 0.307. The Balaban J connectivity index is 2.48. The molecule has 0 spiro atoms. The van der Waals surface area contributed by atoms with Gasteiger partial charge in [0.15, 0.2) is 0 Å². The highest BCUT2D eigenvalue weighted by Crippen LogP contribution is 2.22. The van der Waals surface area contributed by atoms with Gasteiger partial charge in [0.1, 0.15) is 0 Å². The lowest BCUT2D eigenvalue weighted by Crippen LogP contribution is -2.08. The average molecular weight is 262 g/mol. The molecule has 19 heavy (non-hydrogen) atoms. The lowest BCUT2D eigenvalue weighted by Gasteiger charge is -2.02. The van der Waals surface area contributed by atoms with Crippen molar-refractivity contribution in [3.8, 4) is 17.3 Å². The van der Waals surface area contributed by atoms with Crippen molar-refractivity contribution in [1.29, 1.82) is 0 Å². The third kappa shape index (κ3) is 2.44. The van der Waals surface area contributed by atoms with Gasteiger partial charge in [0.05, 0.1) is 10.5 Å². The number of nitro groups is 1. The van der Waals surface area contributed by atoms with Gasteiger partial charge >= 0.3 is 5.63 Å². The number of non-ortho nitro benzene ring substituents is 1. The lowest BCUT2D eigenvalue weighted by atomic mass is 10.2. The highest BCUT2D eigenvalue weighted by Gasteiger charge is 2.13. The minimum atomic E-state index is -0.664. The molecule has 98 valence electrons. The molecule has 0 unspecified atom stereocenters. The Bertz CT molecular complexity index is 676. The normalized spacial score (nSPS) is 10.4. The first-order valence-corrected chi connectivity index (χ1v) is 5.50. The zero-order valence-corrected chi connectivity index (χ0v) is 9.99. The molecule has 7 heteroatoms. The van der Waals surface area contributed by atoms with Crippen LogP contribution in [0.1, 0.15) is 12.5 Å². The average Bonchev–Trinajstić information content (AvgIpc) is 2.38. The van der Waals surface area contributed by atoms with E-state index in [1.807, 2.05) is 0 Å². The molecular weight excluding hydrogens is 252 g/mol. The second kappa shape index (κ2) is 4.89. The first-order chi connectivity index (χ1) is 9.02. The van der Waals surface area contributed by atoms with Crippen molar-refractivity contribution in [3.05, 3.63) is 50.4 Å². The van der Waals surface area contributed by atoms with Crippen LogP contribution in [-0.2, 0) is 6.42 Å². The van der Waals surface area contributed by atoms with Crippen molar-refractivity contribution >= 4 is 5.69 Å². The lowest BCUT2D eigenvalue weighted by molar-refractivity contribution is -0.384. The molecule has 0 radical (unpaired) electrons. The van der Waals surface area contributed by atoms with E-state index in [2.05, 4.69) is 4.98 Å². The number of rotatable bonds is 3. The van der Waals surface area contributed by atoms with Crippen LogP contribution in [0.4, 0.5) is 5.69 Å². The predicted molar refractivity (Wildman–Crippen MR) is 65.9 cm³/mol. The molecule has 0 atom stereocenters. The van der Waals surface area contributed by atoms with Gasteiger partial charge in [-0.1, -0.05) is 6.92 Å². The maximum atomic E-state index is 11.6. The van der Waals surface area contributed by atoms with E-state index < -0.39 is 10.5 Å². The van der Waals surface area contributed by atoms with E-state index in [0.717, 1.165) is 0 Å². The summed E-state index contributed by atoms with van der Waals surface area (Å²) in [5, 5.41) is 20.1. The number of aromatic nitrogens is 1. The highest BCUT2D eigenvalue weighted by atomic mass is 16.6. The third-order valence-corrected chi connectivity index (χ3v) is 2.59. The molecular formula is C12H10N2O5. The molecule has 0 aliphatic heterocycles. The molecule has 0 amide bonds. The summed E-state index contributed by atoms with van der Waals surface area (Å²) in [7, 11) is 0. The van der Waals surface area contributed by atoms with Crippen molar-refractivity contribution in [1.82, 2.24) is 4.98 Å². The fourth-order valence-corrected chi connectivity index (χ4v) is 1.58. The zero-order chi connectivity index (χ0) is 14.0. The Kier molecular flexibility index (Phi) is 3.28. The molecule has 1 aromatic carbocycles. The van der Waals surface area contributed by atoms with E-state index in [0.29, 0.717) is 12.0 Å². The summed E-state index contributed by atoms with van der Waals surface area (Å²) in [6.45, 7) is 1.69. The standard InChI is InChI=1S/C12H10N2O5/c1-2-9-10(15)13-11(19-12(9)16)7-3-5-8(6-4-7)14(17)18/h3-6,15H,2H2,1H3. The molecule has 1 N–H and O–H groups in total. The number of hydrogen-bond donors (Lipinski definition) is 1. The van der Waals surface area contributed by atoms with E-state index in [1.54, 1.807) is 6.92 Å². The van der Waals surface area contributed by atoms with Gasteiger partial charge in [-0.05, 0) is 18.6 Å². The van der Waals surface area contributed by atoms with Crippen LogP contribution in [0, 0.1) is 10.1 Å². The van der Waals surface area contributed by atoms with Gasteiger partial charge in [0.25, 0.3) is 5.69 Å². The van der Waals surface area contributed by atoms with Crippen LogP contribution in [0.15, 0.2) is 33.5 Å². The minimum absolute atomic E-state index is 0.0744.